The van der Waals surface area contributed by atoms with Crippen LogP contribution < -0.4 is 5.32 Å². The van der Waals surface area contributed by atoms with Crippen molar-refractivity contribution in [1.29, 1.82) is 0 Å². The number of carbonyl (C=O) groups excluding carboxylic acids is 1. The van der Waals surface area contributed by atoms with E-state index in [-0.39, 0.29) is 12.5 Å². The lowest BCUT2D eigenvalue weighted by Gasteiger charge is -2.29. The van der Waals surface area contributed by atoms with Crippen molar-refractivity contribution < 1.29 is 14.6 Å². The number of nitrogens with one attached hydrogen (secondary N) is 1. The summed E-state index contributed by atoms with van der Waals surface area (Å²) in [6.07, 6.45) is 1.13. The summed E-state index contributed by atoms with van der Waals surface area (Å²) in [5.74, 6) is -0.101. The predicted octanol–water partition coefficient (Wildman–Crippen LogP) is 0.881. The first-order valence-electron chi connectivity index (χ1n) is 7.00. The fourth-order valence-corrected chi connectivity index (χ4v) is 2.25. The van der Waals surface area contributed by atoms with E-state index in [1.807, 2.05) is 31.3 Å². The van der Waals surface area contributed by atoms with E-state index in [9.17, 15) is 4.79 Å². The molecule has 0 aromatic heterocycles. The van der Waals surface area contributed by atoms with Crippen molar-refractivity contribution in [1.82, 2.24) is 4.90 Å². The molecule has 1 fully saturated rings. The molecule has 1 aromatic carbocycles. The number of carbonyl (C=O) groups is 1. The Labute approximate surface area is 119 Å². The molecule has 5 heteroatoms. The Hall–Kier alpha value is -1.43. The largest absolute Gasteiger partial charge is 0.396 e. The molecule has 0 saturated carbocycles. The molecule has 2 rings (SSSR count). The van der Waals surface area contributed by atoms with E-state index in [2.05, 4.69) is 10.2 Å². The maximum atomic E-state index is 12.1. The molecule has 0 bridgehead atoms. The predicted molar refractivity (Wildman–Crippen MR) is 77.7 cm³/mol. The molecule has 20 heavy (non-hydrogen) atoms. The van der Waals surface area contributed by atoms with Crippen molar-refractivity contribution in [3.8, 4) is 0 Å². The first-order valence-corrected chi connectivity index (χ1v) is 7.00. The van der Waals surface area contributed by atoms with Crippen LogP contribution in [0.3, 0.4) is 0 Å². The van der Waals surface area contributed by atoms with Gasteiger partial charge in [0.25, 0.3) is 5.91 Å². The molecule has 110 valence electrons. The van der Waals surface area contributed by atoms with E-state index in [4.69, 9.17) is 9.84 Å². The van der Waals surface area contributed by atoms with Crippen molar-refractivity contribution in [3.63, 3.8) is 0 Å². The van der Waals surface area contributed by atoms with Crippen LogP contribution in [-0.2, 0) is 16.0 Å². The zero-order valence-electron chi connectivity index (χ0n) is 11.8. The molecule has 0 unspecified atom stereocenters. The number of nitrogens with zero attached hydrogens (tertiary/aromatic N) is 1. The quantitative estimate of drug-likeness (QED) is 0.839. The zero-order chi connectivity index (χ0) is 14.4. The number of aliphatic hydroxyl groups is 1. The van der Waals surface area contributed by atoms with Gasteiger partial charge in [-0.1, -0.05) is 12.1 Å². The highest BCUT2D eigenvalue weighted by Crippen LogP contribution is 2.14. The van der Waals surface area contributed by atoms with Gasteiger partial charge in [0.15, 0.2) is 0 Å². The molecule has 1 amide bonds. The van der Waals surface area contributed by atoms with E-state index in [1.54, 1.807) is 0 Å². The second kappa shape index (κ2) is 7.38. The normalized spacial score (nSPS) is 19.8. The van der Waals surface area contributed by atoms with Gasteiger partial charge in [0.2, 0.25) is 0 Å². The molecule has 1 saturated heterocycles. The lowest BCUT2D eigenvalue weighted by Crippen LogP contribution is -2.46. The van der Waals surface area contributed by atoms with Crippen LogP contribution in [0.2, 0.25) is 0 Å². The average molecular weight is 278 g/mol. The van der Waals surface area contributed by atoms with Crippen molar-refractivity contribution in [2.45, 2.75) is 18.9 Å². The third kappa shape index (κ3) is 4.30. The summed E-state index contributed by atoms with van der Waals surface area (Å²) in [7, 11) is 1.98. The van der Waals surface area contributed by atoms with Gasteiger partial charge in [-0.3, -0.25) is 4.79 Å². The third-order valence-corrected chi connectivity index (χ3v) is 3.38. The molecule has 0 spiro atoms. The van der Waals surface area contributed by atoms with E-state index in [0.717, 1.165) is 30.6 Å². The van der Waals surface area contributed by atoms with E-state index in [0.29, 0.717) is 13.2 Å². The summed E-state index contributed by atoms with van der Waals surface area (Å²) in [6.45, 7) is 2.25. The minimum atomic E-state index is -0.408. The van der Waals surface area contributed by atoms with Gasteiger partial charge in [-0.25, -0.2) is 0 Å². The smallest absolute Gasteiger partial charge is 0.254 e. The molecule has 0 radical (unpaired) electrons. The molecule has 0 aliphatic carbocycles. The van der Waals surface area contributed by atoms with Crippen LogP contribution >= 0.6 is 0 Å². The minimum absolute atomic E-state index is 0.101. The highest BCUT2D eigenvalue weighted by Gasteiger charge is 2.24. The monoisotopic (exact) mass is 278 g/mol. The lowest BCUT2D eigenvalue weighted by atomic mass is 10.1. The Morgan fingerprint density at radius 1 is 1.55 bits per heavy atom. The number of hydrogen-bond donors (Lipinski definition) is 2. The number of aliphatic hydroxyl groups excluding tert-OH is 1. The molecular weight excluding hydrogens is 256 g/mol. The minimum Gasteiger partial charge on any atom is -0.396 e. The highest BCUT2D eigenvalue weighted by molar-refractivity contribution is 5.94. The maximum Gasteiger partial charge on any atom is 0.254 e. The highest BCUT2D eigenvalue weighted by atomic mass is 16.5. The third-order valence-electron chi connectivity index (χ3n) is 3.38. The number of amides is 1. The van der Waals surface area contributed by atoms with Crippen LogP contribution in [0.15, 0.2) is 24.3 Å². The number of aryl methyl sites for hydroxylation is 1. The van der Waals surface area contributed by atoms with E-state index >= 15 is 0 Å². The van der Waals surface area contributed by atoms with E-state index in [1.165, 1.54) is 0 Å². The van der Waals surface area contributed by atoms with Gasteiger partial charge in [0.1, 0.15) is 6.10 Å². The van der Waals surface area contributed by atoms with Crippen molar-refractivity contribution in [2.75, 3.05) is 38.7 Å². The van der Waals surface area contributed by atoms with Gasteiger partial charge < -0.3 is 20.1 Å². The summed E-state index contributed by atoms with van der Waals surface area (Å²) in [5.41, 5.74) is 1.89. The second-order valence-electron chi connectivity index (χ2n) is 5.14. The van der Waals surface area contributed by atoms with Gasteiger partial charge in [-0.2, -0.15) is 0 Å². The van der Waals surface area contributed by atoms with Crippen molar-refractivity contribution >= 4 is 11.6 Å². The lowest BCUT2D eigenvalue weighted by molar-refractivity contribution is -0.132. The summed E-state index contributed by atoms with van der Waals surface area (Å²) in [5, 5.41) is 11.7. The van der Waals surface area contributed by atoms with Crippen molar-refractivity contribution in [3.05, 3.63) is 29.8 Å². The molecule has 1 aliphatic rings. The zero-order valence-corrected chi connectivity index (χ0v) is 11.8. The molecule has 1 atom stereocenters. The topological polar surface area (TPSA) is 61.8 Å². The number of benzene rings is 1. The fourth-order valence-electron chi connectivity index (χ4n) is 2.25. The number of hydrogen-bond acceptors (Lipinski definition) is 4. The first kappa shape index (κ1) is 15.0. The molecule has 2 N–H and O–H groups in total. The van der Waals surface area contributed by atoms with Crippen LogP contribution in [0.5, 0.6) is 0 Å². The Kier molecular flexibility index (Phi) is 5.52. The van der Waals surface area contributed by atoms with Gasteiger partial charge in [0.05, 0.1) is 6.61 Å². The molecular formula is C15H22N2O3. The number of ether oxygens (including phenoxy) is 1. The fraction of sp³-hybridized carbons (Fsp3) is 0.533. The van der Waals surface area contributed by atoms with Crippen LogP contribution in [0.1, 0.15) is 12.0 Å². The van der Waals surface area contributed by atoms with Gasteiger partial charge in [0, 0.05) is 25.4 Å². The van der Waals surface area contributed by atoms with Crippen LogP contribution in [-0.4, -0.2) is 55.4 Å². The van der Waals surface area contributed by atoms with Gasteiger partial charge >= 0.3 is 0 Å². The van der Waals surface area contributed by atoms with Crippen LogP contribution in [0.25, 0.3) is 0 Å². The Balaban J connectivity index is 1.93. The Morgan fingerprint density at radius 2 is 2.40 bits per heavy atom. The molecule has 5 nitrogen and oxygen atoms in total. The van der Waals surface area contributed by atoms with E-state index < -0.39 is 6.10 Å². The van der Waals surface area contributed by atoms with Crippen LogP contribution in [0, 0.1) is 0 Å². The van der Waals surface area contributed by atoms with Gasteiger partial charge in [-0.15, -0.1) is 0 Å². The Bertz CT molecular complexity index is 450. The summed E-state index contributed by atoms with van der Waals surface area (Å²) >= 11 is 0. The number of anilines is 1. The number of likely N-dealkylation sites (N-methyl/N-ethyl adjacent to an activating group) is 1. The number of rotatable bonds is 5. The summed E-state index contributed by atoms with van der Waals surface area (Å²) in [6, 6.07) is 7.72. The van der Waals surface area contributed by atoms with Crippen LogP contribution in [0.4, 0.5) is 5.69 Å². The first-order chi connectivity index (χ1) is 9.69. The molecule has 1 aliphatic heterocycles. The molecule has 1 heterocycles. The standard InChI is InChI=1S/C15H22N2O3/c1-17-7-9-20-14(11-17)15(19)16-13-6-2-4-12(10-13)5-3-8-18/h2,4,6,10,14,18H,3,5,7-9,11H2,1H3,(H,16,19)/t14-/m0/s1. The summed E-state index contributed by atoms with van der Waals surface area (Å²) < 4.78 is 5.49. The SMILES string of the molecule is CN1CCO[C@H](C(=O)Nc2cccc(CCCO)c2)C1. The average Bonchev–Trinajstić information content (AvgIpc) is 2.45. The maximum absolute atomic E-state index is 12.1. The molecule has 1 aromatic rings. The van der Waals surface area contributed by atoms with Crippen molar-refractivity contribution in [2.24, 2.45) is 0 Å². The summed E-state index contributed by atoms with van der Waals surface area (Å²) in [4.78, 5) is 14.2. The second-order valence-corrected chi connectivity index (χ2v) is 5.14. The number of morpholine rings is 1. The Morgan fingerprint density at radius 3 is 3.15 bits per heavy atom. The van der Waals surface area contributed by atoms with Gasteiger partial charge in [-0.05, 0) is 37.6 Å².